The number of carbonyl (C=O) groups is 4. The van der Waals surface area contributed by atoms with Gasteiger partial charge in [0.15, 0.2) is 29.2 Å². The van der Waals surface area contributed by atoms with Crippen LogP contribution >= 0.6 is 21.6 Å². The number of pyridine rings is 1. The summed E-state index contributed by atoms with van der Waals surface area (Å²) in [5, 5.41) is 12.1. The van der Waals surface area contributed by atoms with Crippen LogP contribution in [-0.2, 0) is 14.3 Å². The van der Waals surface area contributed by atoms with Gasteiger partial charge in [-0.3, -0.25) is 24.2 Å². The zero-order chi connectivity index (χ0) is 46.8. The first kappa shape index (κ1) is 49.0. The van der Waals surface area contributed by atoms with E-state index in [4.69, 9.17) is 28.4 Å². The summed E-state index contributed by atoms with van der Waals surface area (Å²) in [4.78, 5) is 63.0. The number of anilines is 2. The Hall–Kier alpha value is -5.43. The number of fused-ring (bicyclic) bond motifs is 4. The van der Waals surface area contributed by atoms with Gasteiger partial charge in [0, 0.05) is 44.3 Å². The lowest BCUT2D eigenvalue weighted by Gasteiger charge is -2.29. The Labute approximate surface area is 388 Å². The normalized spacial score (nSPS) is 19.0. The van der Waals surface area contributed by atoms with Crippen LogP contribution in [0.3, 0.4) is 0 Å². The van der Waals surface area contributed by atoms with Crippen molar-refractivity contribution in [3.05, 3.63) is 84.1 Å². The zero-order valence-electron chi connectivity index (χ0n) is 37.9. The van der Waals surface area contributed by atoms with E-state index in [0.717, 1.165) is 39.9 Å². The van der Waals surface area contributed by atoms with Crippen LogP contribution in [0.1, 0.15) is 73.6 Å². The van der Waals surface area contributed by atoms with Gasteiger partial charge in [0.25, 0.3) is 11.8 Å². The Bertz CT molecular complexity index is 2220. The number of ether oxygens (including phenoxy) is 6. The van der Waals surface area contributed by atoms with Crippen LogP contribution in [0.25, 0.3) is 0 Å². The second-order valence-electron chi connectivity index (χ2n) is 16.9. The van der Waals surface area contributed by atoms with Gasteiger partial charge < -0.3 is 43.3 Å². The minimum Gasteiger partial charge on any atom is -0.493 e. The molecule has 4 amide bonds. The van der Waals surface area contributed by atoms with E-state index in [1.165, 1.54) is 24.0 Å². The molecule has 4 aliphatic heterocycles. The molecular weight excluding hydrogens is 875 g/mol. The molecule has 3 atom stereocenters. The van der Waals surface area contributed by atoms with Gasteiger partial charge in [0.05, 0.1) is 75.2 Å². The van der Waals surface area contributed by atoms with E-state index in [2.05, 4.69) is 18.1 Å². The van der Waals surface area contributed by atoms with Crippen LogP contribution in [0.4, 0.5) is 16.2 Å². The van der Waals surface area contributed by atoms with E-state index in [1.807, 2.05) is 18.2 Å². The largest absolute Gasteiger partial charge is 0.493 e. The fourth-order valence-electron chi connectivity index (χ4n) is 7.94. The number of aliphatic hydroxyl groups is 1. The monoisotopic (exact) mass is 933 g/mol. The topological polar surface area (TPSA) is 170 Å². The maximum absolute atomic E-state index is 13.7. The van der Waals surface area contributed by atoms with Crippen molar-refractivity contribution in [2.24, 2.45) is 0 Å². The molecule has 2 aromatic carbocycles. The smallest absolute Gasteiger partial charge is 0.414 e. The fourth-order valence-corrected chi connectivity index (χ4v) is 9.72. The first-order chi connectivity index (χ1) is 31.2. The molecule has 3 unspecified atom stereocenters. The molecule has 0 aliphatic carbocycles. The maximum Gasteiger partial charge on any atom is 0.414 e. The summed E-state index contributed by atoms with van der Waals surface area (Å²) in [7, 11) is 8.13. The minimum atomic E-state index is -1.24. The average Bonchev–Trinajstić information content (AvgIpc) is 3.82. The molecule has 5 heterocycles. The van der Waals surface area contributed by atoms with Gasteiger partial charge in [-0.15, -0.1) is 0 Å². The lowest BCUT2D eigenvalue weighted by Crippen LogP contribution is -2.48. The Balaban J connectivity index is 0.000000506. The summed E-state index contributed by atoms with van der Waals surface area (Å²) in [5.74, 6) is 1.90. The first-order valence-electron chi connectivity index (χ1n) is 21.4. The molecule has 2 fully saturated rings. The van der Waals surface area contributed by atoms with Gasteiger partial charge in [-0.2, -0.15) is 0 Å². The highest BCUT2D eigenvalue weighted by Crippen LogP contribution is 2.43. The minimum absolute atomic E-state index is 0.209. The van der Waals surface area contributed by atoms with E-state index in [-0.39, 0.29) is 35.7 Å². The highest BCUT2D eigenvalue weighted by atomic mass is 33.1. The number of methoxy groups -OCH3 is 3. The number of aromatic nitrogens is 1. The lowest BCUT2D eigenvalue weighted by molar-refractivity contribution is -0.109. The van der Waals surface area contributed by atoms with Crippen molar-refractivity contribution in [3.8, 4) is 23.0 Å². The Kier molecular flexibility index (Phi) is 16.7. The van der Waals surface area contributed by atoms with Gasteiger partial charge in [-0.05, 0) is 87.9 Å². The van der Waals surface area contributed by atoms with E-state index in [0.29, 0.717) is 92.6 Å². The molecule has 65 heavy (non-hydrogen) atoms. The number of carbonyl (C=O) groups excluding carboxylic acids is 4. The molecule has 1 aromatic heterocycles. The predicted molar refractivity (Wildman–Crippen MR) is 251 cm³/mol. The molecule has 18 heteroatoms. The number of nitrogens with zero attached hydrogens (tertiary/aromatic N) is 5. The molecule has 2 saturated heterocycles. The van der Waals surface area contributed by atoms with Crippen LogP contribution in [0, 0.1) is 0 Å². The van der Waals surface area contributed by atoms with Crippen molar-refractivity contribution in [3.63, 3.8) is 0 Å². The number of hydrogen-bond acceptors (Lipinski definition) is 14. The third-order valence-corrected chi connectivity index (χ3v) is 13.2. The Morgan fingerprint density at radius 3 is 2.06 bits per heavy atom. The van der Waals surface area contributed by atoms with Crippen LogP contribution in [0.5, 0.6) is 23.0 Å². The Morgan fingerprint density at radius 1 is 0.846 bits per heavy atom. The second kappa shape index (κ2) is 22.2. The van der Waals surface area contributed by atoms with Crippen molar-refractivity contribution in [2.75, 3.05) is 76.3 Å². The lowest BCUT2D eigenvalue weighted by atomic mass is 10.1. The summed E-state index contributed by atoms with van der Waals surface area (Å²) in [6.07, 6.45) is 3.54. The molecule has 0 saturated carbocycles. The third-order valence-electron chi connectivity index (χ3n) is 11.0. The number of benzene rings is 2. The van der Waals surface area contributed by atoms with E-state index >= 15 is 0 Å². The molecule has 4 aliphatic rings. The summed E-state index contributed by atoms with van der Waals surface area (Å²) in [6, 6.07) is 11.5. The third kappa shape index (κ3) is 11.9. The molecule has 0 bridgehead atoms. The van der Waals surface area contributed by atoms with Crippen molar-refractivity contribution >= 4 is 57.3 Å². The highest BCUT2D eigenvalue weighted by molar-refractivity contribution is 8.76. The molecule has 16 nitrogen and oxygen atoms in total. The number of unbranched alkanes of at least 4 members (excludes halogenated alkanes) is 2. The van der Waals surface area contributed by atoms with Crippen molar-refractivity contribution in [1.82, 2.24) is 14.8 Å². The van der Waals surface area contributed by atoms with E-state index < -0.39 is 24.0 Å². The molecular formula is C47H59N5O11S2. The van der Waals surface area contributed by atoms with Crippen molar-refractivity contribution < 1.29 is 52.7 Å². The van der Waals surface area contributed by atoms with Gasteiger partial charge in [-0.1, -0.05) is 41.2 Å². The molecule has 0 spiro atoms. The molecule has 350 valence electrons. The predicted octanol–water partition coefficient (Wildman–Crippen LogP) is 7.39. The van der Waals surface area contributed by atoms with Crippen LogP contribution in [0.15, 0.2) is 78.0 Å². The van der Waals surface area contributed by atoms with Gasteiger partial charge in [0.1, 0.15) is 10.6 Å². The highest BCUT2D eigenvalue weighted by Gasteiger charge is 2.44. The second-order valence-corrected chi connectivity index (χ2v) is 19.3. The number of hydrogen-bond donors (Lipinski definition) is 1. The number of rotatable bonds is 16. The number of aliphatic hydroxyl groups excluding tert-OH is 1. The van der Waals surface area contributed by atoms with Crippen molar-refractivity contribution in [2.45, 2.75) is 81.8 Å². The van der Waals surface area contributed by atoms with Crippen LogP contribution < -0.4 is 28.7 Å². The van der Waals surface area contributed by atoms with Gasteiger partial charge in [-0.25, -0.2) is 9.78 Å². The first-order valence-corrected chi connectivity index (χ1v) is 23.8. The van der Waals surface area contributed by atoms with Gasteiger partial charge >= 0.3 is 6.09 Å². The van der Waals surface area contributed by atoms with Crippen LogP contribution in [-0.4, -0.2) is 135 Å². The SMILES string of the molecule is C=C1CC2CN(C(=O)OC(C)(C)C)c3cc(OCCCCCOc4cc5c(cc4OC)C(=O)N4CC(=C)CC4C(O)N5C=O)c(OC)cc3C(=O)N2C1.COCCSSc1ccccn1. The summed E-state index contributed by atoms with van der Waals surface area (Å²) in [6.45, 7) is 15.8. The van der Waals surface area contributed by atoms with E-state index in [1.54, 1.807) is 84.8 Å². The summed E-state index contributed by atoms with van der Waals surface area (Å²) >= 11 is 0. The van der Waals surface area contributed by atoms with Crippen molar-refractivity contribution in [1.29, 1.82) is 0 Å². The quantitative estimate of drug-likeness (QED) is 0.0653. The zero-order valence-corrected chi connectivity index (χ0v) is 39.5. The average molecular weight is 934 g/mol. The maximum atomic E-state index is 13.7. The fraction of sp³-hybridized carbons (Fsp3) is 0.468. The molecule has 3 aromatic rings. The summed E-state index contributed by atoms with van der Waals surface area (Å²) in [5.41, 5.74) is 2.19. The summed E-state index contributed by atoms with van der Waals surface area (Å²) < 4.78 is 34.1. The molecule has 0 radical (unpaired) electrons. The standard InChI is InChI=1S/C39H48N4O10.C8H11NOS2/c1-23-13-25-21-42(38(48)53-39(3,4)5)28-17-33(31(49-6)15-26(28)35(45)40(25)19-23)51-11-9-8-10-12-52-34-18-29-27(16-32(34)50-7)36(46)41-20-24(2)14-30(41)37(47)43(29)22-44;1-10-6-7-11-12-8-4-2-3-5-9-8/h15-18,22,25,30,37,47H,1-2,8-14,19-21H2,3-7H3;2-5H,6-7H2,1H3. The Morgan fingerprint density at radius 2 is 1.46 bits per heavy atom. The molecule has 7 rings (SSSR count). The molecule has 1 N–H and O–H groups in total. The number of amides is 4. The van der Waals surface area contributed by atoms with Gasteiger partial charge in [0.2, 0.25) is 6.41 Å². The van der Waals surface area contributed by atoms with Crippen LogP contribution in [0.2, 0.25) is 0 Å². The van der Waals surface area contributed by atoms with E-state index in [9.17, 15) is 24.3 Å².